The van der Waals surface area contributed by atoms with Gasteiger partial charge >= 0.3 is 6.03 Å². The van der Waals surface area contributed by atoms with Crippen molar-refractivity contribution in [1.29, 1.82) is 0 Å². The van der Waals surface area contributed by atoms with Crippen LogP contribution in [0.25, 0.3) is 0 Å². The van der Waals surface area contributed by atoms with Crippen LogP contribution in [0.5, 0.6) is 11.5 Å². The number of hydrogen-bond donors (Lipinski definition) is 1. The van der Waals surface area contributed by atoms with Gasteiger partial charge in [-0.1, -0.05) is 39.2 Å². The van der Waals surface area contributed by atoms with Gasteiger partial charge in [-0.25, -0.2) is 4.79 Å². The zero-order chi connectivity index (χ0) is 24.8. The minimum absolute atomic E-state index is 0.0149. The van der Waals surface area contributed by atoms with Crippen molar-refractivity contribution in [3.8, 4) is 11.5 Å². The zero-order valence-corrected chi connectivity index (χ0v) is 21.0. The van der Waals surface area contributed by atoms with Crippen LogP contribution in [0.15, 0.2) is 34.7 Å². The number of carbonyl (C=O) groups excluding carboxylic acids is 2. The quantitative estimate of drug-likeness (QED) is 0.551. The molecule has 2 aromatic rings. The van der Waals surface area contributed by atoms with E-state index >= 15 is 0 Å². The van der Waals surface area contributed by atoms with Crippen LogP contribution in [0.4, 0.5) is 4.79 Å². The molecule has 1 N–H and O–H groups in total. The second-order valence-corrected chi connectivity index (χ2v) is 10.0. The lowest BCUT2D eigenvalue weighted by Gasteiger charge is -2.31. The number of ether oxygens (including phenoxy) is 2. The summed E-state index contributed by atoms with van der Waals surface area (Å²) < 4.78 is 16.7. The molecule has 35 heavy (non-hydrogen) atoms. The number of furan rings is 1. The van der Waals surface area contributed by atoms with E-state index in [1.54, 1.807) is 9.80 Å². The Labute approximate surface area is 207 Å². The predicted octanol–water partition coefficient (Wildman–Crippen LogP) is 4.85. The molecule has 190 valence electrons. The topological polar surface area (TPSA) is 84.2 Å². The van der Waals surface area contributed by atoms with E-state index in [0.717, 1.165) is 37.0 Å². The average Bonchev–Trinajstić information content (AvgIpc) is 3.46. The van der Waals surface area contributed by atoms with Crippen molar-refractivity contribution in [2.45, 2.75) is 72.0 Å². The first-order valence-electron chi connectivity index (χ1n) is 12.6. The fourth-order valence-corrected chi connectivity index (χ4v) is 4.69. The highest BCUT2D eigenvalue weighted by molar-refractivity contribution is 5.84. The zero-order valence-electron chi connectivity index (χ0n) is 21.0. The monoisotopic (exact) mass is 483 g/mol. The van der Waals surface area contributed by atoms with E-state index in [9.17, 15) is 9.59 Å². The van der Waals surface area contributed by atoms with Gasteiger partial charge in [0.05, 0.1) is 6.54 Å². The first-order chi connectivity index (χ1) is 16.9. The molecular weight excluding hydrogens is 446 g/mol. The van der Waals surface area contributed by atoms with Gasteiger partial charge < -0.3 is 29.0 Å². The summed E-state index contributed by atoms with van der Waals surface area (Å²) in [5.74, 6) is 3.00. The Balaban J connectivity index is 1.48. The second-order valence-electron chi connectivity index (χ2n) is 10.0. The maximum absolute atomic E-state index is 13.6. The van der Waals surface area contributed by atoms with Gasteiger partial charge in [0.15, 0.2) is 11.5 Å². The van der Waals surface area contributed by atoms with Crippen LogP contribution in [0, 0.1) is 12.8 Å². The summed E-state index contributed by atoms with van der Waals surface area (Å²) in [5.41, 5.74) is 0.924. The number of aryl methyl sites for hydroxylation is 1. The Morgan fingerprint density at radius 3 is 2.49 bits per heavy atom. The van der Waals surface area contributed by atoms with Gasteiger partial charge in [0, 0.05) is 19.1 Å². The molecule has 4 rings (SSSR count). The van der Waals surface area contributed by atoms with Crippen LogP contribution in [0.1, 0.15) is 63.0 Å². The minimum atomic E-state index is -0.157. The Hall–Kier alpha value is -3.16. The van der Waals surface area contributed by atoms with E-state index in [0.29, 0.717) is 36.9 Å². The molecule has 1 aromatic heterocycles. The Bertz CT molecular complexity index is 1010. The van der Waals surface area contributed by atoms with Gasteiger partial charge in [0.1, 0.15) is 18.1 Å². The number of benzene rings is 1. The van der Waals surface area contributed by atoms with Gasteiger partial charge in [-0.05, 0) is 55.5 Å². The molecule has 0 saturated heterocycles. The Morgan fingerprint density at radius 2 is 1.77 bits per heavy atom. The highest BCUT2D eigenvalue weighted by atomic mass is 16.7. The van der Waals surface area contributed by atoms with Crippen molar-refractivity contribution in [3.63, 3.8) is 0 Å². The number of hydrogen-bond acceptors (Lipinski definition) is 5. The van der Waals surface area contributed by atoms with E-state index in [-0.39, 0.29) is 37.2 Å². The molecule has 3 amide bonds. The van der Waals surface area contributed by atoms with Gasteiger partial charge in [-0.3, -0.25) is 4.79 Å². The van der Waals surface area contributed by atoms with Crippen molar-refractivity contribution in [1.82, 2.24) is 15.1 Å². The molecule has 1 aromatic carbocycles. The number of rotatable bonds is 9. The van der Waals surface area contributed by atoms with Gasteiger partial charge in [-0.2, -0.15) is 0 Å². The van der Waals surface area contributed by atoms with Gasteiger partial charge in [0.25, 0.3) is 0 Å². The van der Waals surface area contributed by atoms with Crippen molar-refractivity contribution < 1.29 is 23.5 Å². The van der Waals surface area contributed by atoms with Crippen LogP contribution in [0.2, 0.25) is 0 Å². The largest absolute Gasteiger partial charge is 0.464 e. The fourth-order valence-electron chi connectivity index (χ4n) is 4.69. The molecule has 2 aliphatic rings. The van der Waals surface area contributed by atoms with E-state index in [1.807, 2.05) is 37.3 Å². The summed E-state index contributed by atoms with van der Waals surface area (Å²) >= 11 is 0. The van der Waals surface area contributed by atoms with Crippen molar-refractivity contribution >= 4 is 11.9 Å². The van der Waals surface area contributed by atoms with Crippen molar-refractivity contribution in [3.05, 3.63) is 47.4 Å². The summed E-state index contributed by atoms with van der Waals surface area (Å²) in [6.45, 7) is 7.42. The first kappa shape index (κ1) is 24.9. The molecule has 1 aliphatic heterocycles. The average molecular weight is 484 g/mol. The number of nitrogens with zero attached hydrogens (tertiary/aromatic N) is 2. The second kappa shape index (κ2) is 11.5. The molecule has 1 saturated carbocycles. The van der Waals surface area contributed by atoms with Crippen molar-refractivity contribution in [2.75, 3.05) is 19.9 Å². The third-order valence-electron chi connectivity index (χ3n) is 6.44. The normalized spacial score (nSPS) is 15.3. The summed E-state index contributed by atoms with van der Waals surface area (Å²) in [4.78, 5) is 30.1. The number of amides is 3. The first-order valence-corrected chi connectivity index (χ1v) is 12.6. The summed E-state index contributed by atoms with van der Waals surface area (Å²) in [6, 6.07) is 9.51. The molecule has 8 heteroatoms. The SMILES string of the molecule is Cc1ccc(CN(Cc2ccc3c(c2)OCO3)C(=O)CN(CC(C)C)C(=O)NC2CCCCC2)o1. The lowest BCUT2D eigenvalue weighted by atomic mass is 9.96. The van der Waals surface area contributed by atoms with Crippen LogP contribution < -0.4 is 14.8 Å². The van der Waals surface area contributed by atoms with Crippen LogP contribution >= 0.6 is 0 Å². The van der Waals surface area contributed by atoms with Crippen LogP contribution in [0.3, 0.4) is 0 Å². The molecule has 2 heterocycles. The lowest BCUT2D eigenvalue weighted by molar-refractivity contribution is -0.133. The molecule has 0 atom stereocenters. The van der Waals surface area contributed by atoms with E-state index in [4.69, 9.17) is 13.9 Å². The summed E-state index contributed by atoms with van der Waals surface area (Å²) in [6.07, 6.45) is 5.51. The number of urea groups is 1. The molecule has 1 fully saturated rings. The third kappa shape index (κ3) is 6.93. The number of carbonyl (C=O) groups is 2. The van der Waals surface area contributed by atoms with Gasteiger partial charge in [-0.15, -0.1) is 0 Å². The van der Waals surface area contributed by atoms with E-state index in [2.05, 4.69) is 19.2 Å². The molecule has 0 unspecified atom stereocenters. The lowest BCUT2D eigenvalue weighted by Crippen LogP contribution is -2.50. The minimum Gasteiger partial charge on any atom is -0.464 e. The molecule has 0 radical (unpaired) electrons. The predicted molar refractivity (Wildman–Crippen MR) is 132 cm³/mol. The smallest absolute Gasteiger partial charge is 0.318 e. The highest BCUT2D eigenvalue weighted by Gasteiger charge is 2.26. The standard InChI is InChI=1S/C27H37N3O5/c1-19(2)14-30(27(32)28-22-7-5-4-6-8-22)17-26(31)29(16-23-11-9-20(3)35-23)15-21-10-12-24-25(13-21)34-18-33-24/h9-13,19,22H,4-8,14-18H2,1-3H3,(H,28,32). The third-order valence-corrected chi connectivity index (χ3v) is 6.44. The van der Waals surface area contributed by atoms with Crippen LogP contribution in [-0.4, -0.2) is 47.7 Å². The highest BCUT2D eigenvalue weighted by Crippen LogP contribution is 2.33. The summed E-state index contributed by atoms with van der Waals surface area (Å²) in [5, 5.41) is 3.17. The molecule has 1 aliphatic carbocycles. The maximum Gasteiger partial charge on any atom is 0.318 e. The number of fused-ring (bicyclic) bond motifs is 1. The van der Waals surface area contributed by atoms with Crippen LogP contribution in [-0.2, 0) is 17.9 Å². The maximum atomic E-state index is 13.6. The molecule has 8 nitrogen and oxygen atoms in total. The molecule has 0 bridgehead atoms. The molecule has 0 spiro atoms. The Kier molecular flexibility index (Phi) is 8.21. The van der Waals surface area contributed by atoms with Crippen molar-refractivity contribution in [2.24, 2.45) is 5.92 Å². The summed E-state index contributed by atoms with van der Waals surface area (Å²) in [7, 11) is 0. The van der Waals surface area contributed by atoms with E-state index in [1.165, 1.54) is 6.42 Å². The number of nitrogens with one attached hydrogen (secondary N) is 1. The Morgan fingerprint density at radius 1 is 1.00 bits per heavy atom. The fraction of sp³-hybridized carbons (Fsp3) is 0.556. The molecular formula is C27H37N3O5. The van der Waals surface area contributed by atoms with E-state index < -0.39 is 0 Å². The van der Waals surface area contributed by atoms with Gasteiger partial charge in [0.2, 0.25) is 12.7 Å².